The molecule has 0 amide bonds. The molecule has 3 nitrogen and oxygen atoms in total. The van der Waals surface area contributed by atoms with Gasteiger partial charge in [0.1, 0.15) is 0 Å². The van der Waals surface area contributed by atoms with Gasteiger partial charge >= 0.3 is 0 Å². The Labute approximate surface area is 104 Å². The topological polar surface area (TPSA) is 64.1 Å². The molecule has 1 aromatic carbocycles. The largest absolute Gasteiger partial charge is 0.398 e. The Hall–Kier alpha value is -1.06. The lowest BCUT2D eigenvalue weighted by atomic mass is 9.77. The van der Waals surface area contributed by atoms with Crippen molar-refractivity contribution in [1.29, 1.82) is 0 Å². The van der Waals surface area contributed by atoms with Crippen molar-refractivity contribution in [2.45, 2.75) is 38.6 Å². The first-order chi connectivity index (χ1) is 8.22. The normalized spacial score (nSPS) is 26.7. The summed E-state index contributed by atoms with van der Waals surface area (Å²) in [6, 6.07) is 8.23. The molecule has 1 aromatic rings. The summed E-state index contributed by atoms with van der Waals surface area (Å²) in [5, 5.41) is 0. The lowest BCUT2D eigenvalue weighted by Crippen LogP contribution is -2.35. The standard InChI is InChI=1S/C14H23N3/c1-10-6-8-11(9-7-10)14(17-16)12-4-2-3-5-13(12)15/h2-5,10-11,14,17H,6-9,15-16H2,1H3. The molecule has 1 aliphatic carbocycles. The first-order valence-electron chi connectivity index (χ1n) is 6.53. The summed E-state index contributed by atoms with van der Waals surface area (Å²) in [5.41, 5.74) is 11.0. The molecule has 5 N–H and O–H groups in total. The van der Waals surface area contributed by atoms with Crippen LogP contribution in [-0.2, 0) is 0 Å². The van der Waals surface area contributed by atoms with Crippen LogP contribution >= 0.6 is 0 Å². The highest BCUT2D eigenvalue weighted by molar-refractivity contribution is 5.48. The van der Waals surface area contributed by atoms with Crippen LogP contribution in [0.3, 0.4) is 0 Å². The van der Waals surface area contributed by atoms with Gasteiger partial charge in [-0.3, -0.25) is 11.3 Å². The number of rotatable bonds is 3. The Bertz CT molecular complexity index is 356. The molecule has 17 heavy (non-hydrogen) atoms. The van der Waals surface area contributed by atoms with Crippen LogP contribution in [0.15, 0.2) is 24.3 Å². The lowest BCUT2D eigenvalue weighted by Gasteiger charge is -2.33. The molecule has 3 heteroatoms. The quantitative estimate of drug-likeness (QED) is 0.427. The summed E-state index contributed by atoms with van der Waals surface area (Å²) in [6.45, 7) is 2.33. The minimum absolute atomic E-state index is 0.198. The van der Waals surface area contributed by atoms with Crippen LogP contribution in [0.25, 0.3) is 0 Å². The number of nitrogen functional groups attached to an aromatic ring is 1. The molecule has 0 aromatic heterocycles. The van der Waals surface area contributed by atoms with E-state index in [-0.39, 0.29) is 6.04 Å². The molecular weight excluding hydrogens is 210 g/mol. The van der Waals surface area contributed by atoms with E-state index in [1.54, 1.807) is 0 Å². The zero-order valence-corrected chi connectivity index (χ0v) is 10.5. The van der Waals surface area contributed by atoms with Crippen molar-refractivity contribution < 1.29 is 0 Å². The highest BCUT2D eigenvalue weighted by Gasteiger charge is 2.27. The van der Waals surface area contributed by atoms with Gasteiger partial charge in [-0.15, -0.1) is 0 Å². The van der Waals surface area contributed by atoms with Crippen molar-refractivity contribution in [3.05, 3.63) is 29.8 Å². The van der Waals surface area contributed by atoms with Gasteiger partial charge in [-0.25, -0.2) is 0 Å². The molecule has 0 saturated heterocycles. The predicted octanol–water partition coefficient (Wildman–Crippen LogP) is 2.60. The van der Waals surface area contributed by atoms with Gasteiger partial charge in [0.15, 0.2) is 0 Å². The van der Waals surface area contributed by atoms with Crippen molar-refractivity contribution in [3.8, 4) is 0 Å². The predicted molar refractivity (Wildman–Crippen MR) is 72.0 cm³/mol. The average Bonchev–Trinajstić information content (AvgIpc) is 2.35. The van der Waals surface area contributed by atoms with Crippen LogP contribution in [0.4, 0.5) is 5.69 Å². The molecule has 0 radical (unpaired) electrons. The van der Waals surface area contributed by atoms with Gasteiger partial charge in [0, 0.05) is 5.69 Å². The van der Waals surface area contributed by atoms with E-state index in [1.165, 1.54) is 25.7 Å². The molecule has 2 rings (SSSR count). The number of anilines is 1. The van der Waals surface area contributed by atoms with Crippen LogP contribution in [0.2, 0.25) is 0 Å². The second-order valence-corrected chi connectivity index (χ2v) is 5.29. The molecule has 1 fully saturated rings. The van der Waals surface area contributed by atoms with Crippen molar-refractivity contribution in [2.75, 3.05) is 5.73 Å². The third-order valence-electron chi connectivity index (χ3n) is 4.04. The van der Waals surface area contributed by atoms with E-state index in [2.05, 4.69) is 18.4 Å². The monoisotopic (exact) mass is 233 g/mol. The maximum atomic E-state index is 6.04. The highest BCUT2D eigenvalue weighted by atomic mass is 15.2. The molecule has 0 bridgehead atoms. The summed E-state index contributed by atoms with van der Waals surface area (Å²) < 4.78 is 0. The molecule has 0 spiro atoms. The van der Waals surface area contributed by atoms with Crippen molar-refractivity contribution in [3.63, 3.8) is 0 Å². The molecule has 1 aliphatic rings. The zero-order valence-electron chi connectivity index (χ0n) is 10.5. The van der Waals surface area contributed by atoms with Crippen molar-refractivity contribution >= 4 is 5.69 Å². The number of nitrogens with one attached hydrogen (secondary N) is 1. The van der Waals surface area contributed by atoms with Gasteiger partial charge in [-0.05, 0) is 36.3 Å². The first-order valence-corrected chi connectivity index (χ1v) is 6.53. The fraction of sp³-hybridized carbons (Fsp3) is 0.571. The van der Waals surface area contributed by atoms with Crippen LogP contribution in [0.5, 0.6) is 0 Å². The number of hydrogen-bond donors (Lipinski definition) is 3. The number of hydrazine groups is 1. The smallest absolute Gasteiger partial charge is 0.0508 e. The van der Waals surface area contributed by atoms with Gasteiger partial charge in [0.25, 0.3) is 0 Å². The summed E-state index contributed by atoms with van der Waals surface area (Å²) in [7, 11) is 0. The average molecular weight is 233 g/mol. The van der Waals surface area contributed by atoms with E-state index in [0.29, 0.717) is 5.92 Å². The van der Waals surface area contributed by atoms with Gasteiger partial charge in [-0.2, -0.15) is 0 Å². The molecule has 0 heterocycles. The van der Waals surface area contributed by atoms with Crippen LogP contribution < -0.4 is 17.0 Å². The Morgan fingerprint density at radius 1 is 1.18 bits per heavy atom. The first kappa shape index (κ1) is 12.4. The number of benzene rings is 1. The third-order valence-corrected chi connectivity index (χ3v) is 4.04. The van der Waals surface area contributed by atoms with Crippen LogP contribution in [0.1, 0.15) is 44.2 Å². The summed E-state index contributed by atoms with van der Waals surface area (Å²) in [5.74, 6) is 7.20. The van der Waals surface area contributed by atoms with Crippen LogP contribution in [0, 0.1) is 11.8 Å². The van der Waals surface area contributed by atoms with Crippen molar-refractivity contribution in [2.24, 2.45) is 17.7 Å². The van der Waals surface area contributed by atoms with Gasteiger partial charge in [0.2, 0.25) is 0 Å². The molecule has 0 aliphatic heterocycles. The number of nitrogens with two attached hydrogens (primary N) is 2. The Balaban J connectivity index is 2.14. The second-order valence-electron chi connectivity index (χ2n) is 5.29. The Morgan fingerprint density at radius 2 is 1.82 bits per heavy atom. The van der Waals surface area contributed by atoms with Gasteiger partial charge in [0.05, 0.1) is 6.04 Å². The summed E-state index contributed by atoms with van der Waals surface area (Å²) in [6.07, 6.45) is 5.08. The Morgan fingerprint density at radius 3 is 2.41 bits per heavy atom. The van der Waals surface area contributed by atoms with E-state index >= 15 is 0 Å². The summed E-state index contributed by atoms with van der Waals surface area (Å²) in [4.78, 5) is 0. The molecule has 94 valence electrons. The Kier molecular flexibility index (Phi) is 4.02. The minimum Gasteiger partial charge on any atom is -0.398 e. The number of para-hydroxylation sites is 1. The maximum Gasteiger partial charge on any atom is 0.0508 e. The molecular formula is C14H23N3. The highest BCUT2D eigenvalue weighted by Crippen LogP contribution is 2.37. The minimum atomic E-state index is 0.198. The van der Waals surface area contributed by atoms with Gasteiger partial charge in [-0.1, -0.05) is 38.0 Å². The third kappa shape index (κ3) is 2.79. The summed E-state index contributed by atoms with van der Waals surface area (Å²) >= 11 is 0. The lowest BCUT2D eigenvalue weighted by molar-refractivity contribution is 0.233. The van der Waals surface area contributed by atoms with Crippen molar-refractivity contribution in [1.82, 2.24) is 5.43 Å². The van der Waals surface area contributed by atoms with Gasteiger partial charge < -0.3 is 5.73 Å². The molecule has 1 atom stereocenters. The molecule has 1 saturated carbocycles. The molecule has 1 unspecified atom stereocenters. The van der Waals surface area contributed by atoms with Crippen LogP contribution in [-0.4, -0.2) is 0 Å². The van der Waals surface area contributed by atoms with E-state index < -0.39 is 0 Å². The second kappa shape index (κ2) is 5.52. The SMILES string of the molecule is CC1CCC(C(NN)c2ccccc2N)CC1. The zero-order chi connectivity index (χ0) is 12.3. The number of hydrogen-bond acceptors (Lipinski definition) is 3. The van der Waals surface area contributed by atoms with E-state index in [4.69, 9.17) is 11.6 Å². The van der Waals surface area contributed by atoms with E-state index in [9.17, 15) is 0 Å². The maximum absolute atomic E-state index is 6.04. The van der Waals surface area contributed by atoms with E-state index in [1.807, 2.05) is 18.2 Å². The fourth-order valence-electron chi connectivity index (χ4n) is 2.89. The fourth-order valence-corrected chi connectivity index (χ4v) is 2.89. The van der Waals surface area contributed by atoms with E-state index in [0.717, 1.165) is 17.2 Å².